The van der Waals surface area contributed by atoms with Gasteiger partial charge in [-0.2, -0.15) is 0 Å². The summed E-state index contributed by atoms with van der Waals surface area (Å²) in [6.45, 7) is 1.49. The van der Waals surface area contributed by atoms with Crippen LogP contribution in [0.2, 0.25) is 0 Å². The smallest absolute Gasteiger partial charge is 0.306 e. The van der Waals surface area contributed by atoms with Crippen molar-refractivity contribution in [2.24, 2.45) is 5.92 Å². The number of para-hydroxylation sites is 1. The maximum atomic E-state index is 11.3. The summed E-state index contributed by atoms with van der Waals surface area (Å²) in [5, 5.41) is 10.4. The molecule has 4 rings (SSSR count). The molecular formula is C21H21N3O2. The average Bonchev–Trinajstić information content (AvgIpc) is 2.70. The predicted octanol–water partition coefficient (Wildman–Crippen LogP) is 3.52. The molecule has 3 aromatic rings. The molecule has 3 heterocycles. The number of aliphatic carboxylic acids is 1. The maximum absolute atomic E-state index is 11.3. The van der Waals surface area contributed by atoms with Gasteiger partial charge in [-0.25, -0.2) is 0 Å². The van der Waals surface area contributed by atoms with E-state index in [1.54, 1.807) is 0 Å². The molecule has 0 amide bonds. The monoisotopic (exact) mass is 347 g/mol. The minimum Gasteiger partial charge on any atom is -0.481 e. The topological polar surface area (TPSA) is 66.3 Å². The zero-order valence-electron chi connectivity index (χ0n) is 14.5. The number of likely N-dealkylation sites (tertiary alicyclic amines) is 1. The van der Waals surface area contributed by atoms with E-state index >= 15 is 0 Å². The molecule has 0 aliphatic carbocycles. The number of fused-ring (bicyclic) bond motifs is 1. The van der Waals surface area contributed by atoms with Crippen LogP contribution in [0, 0.1) is 5.92 Å². The Balaban J connectivity index is 1.76. The Morgan fingerprint density at radius 2 is 1.77 bits per heavy atom. The van der Waals surface area contributed by atoms with Crippen molar-refractivity contribution in [1.29, 1.82) is 0 Å². The summed E-state index contributed by atoms with van der Waals surface area (Å²) >= 11 is 0. The van der Waals surface area contributed by atoms with Crippen molar-refractivity contribution >= 4 is 16.9 Å². The average molecular weight is 347 g/mol. The van der Waals surface area contributed by atoms with E-state index in [0.717, 1.165) is 29.7 Å². The quantitative estimate of drug-likeness (QED) is 0.782. The lowest BCUT2D eigenvalue weighted by Crippen LogP contribution is -2.39. The number of pyridine rings is 2. The number of rotatable bonds is 4. The summed E-state index contributed by atoms with van der Waals surface area (Å²) in [6.07, 6.45) is 5.00. The van der Waals surface area contributed by atoms with Crippen molar-refractivity contribution in [2.75, 3.05) is 13.1 Å². The fourth-order valence-corrected chi connectivity index (χ4v) is 3.84. The highest BCUT2D eigenvalue weighted by Gasteiger charge is 2.31. The largest absolute Gasteiger partial charge is 0.481 e. The Morgan fingerprint density at radius 1 is 1.00 bits per heavy atom. The number of benzene rings is 1. The number of carbonyl (C=O) groups is 1. The number of carboxylic acids is 1. The van der Waals surface area contributed by atoms with Gasteiger partial charge in [-0.1, -0.05) is 24.3 Å². The molecule has 132 valence electrons. The number of hydrogen-bond acceptors (Lipinski definition) is 4. The summed E-state index contributed by atoms with van der Waals surface area (Å²) in [6, 6.07) is 16.2. The molecule has 1 aliphatic rings. The minimum absolute atomic E-state index is 0.00107. The van der Waals surface area contributed by atoms with Gasteiger partial charge in [-0.05, 0) is 55.8 Å². The van der Waals surface area contributed by atoms with Gasteiger partial charge < -0.3 is 5.11 Å². The molecule has 0 radical (unpaired) electrons. The van der Waals surface area contributed by atoms with E-state index in [-0.39, 0.29) is 12.0 Å². The van der Waals surface area contributed by atoms with Gasteiger partial charge in [0.15, 0.2) is 0 Å². The van der Waals surface area contributed by atoms with Crippen molar-refractivity contribution in [2.45, 2.75) is 18.9 Å². The van der Waals surface area contributed by atoms with Crippen molar-refractivity contribution in [3.05, 3.63) is 72.2 Å². The zero-order chi connectivity index (χ0) is 17.9. The van der Waals surface area contributed by atoms with Gasteiger partial charge in [-0.15, -0.1) is 0 Å². The highest BCUT2D eigenvalue weighted by molar-refractivity contribution is 5.82. The summed E-state index contributed by atoms with van der Waals surface area (Å²) < 4.78 is 0. The predicted molar refractivity (Wildman–Crippen MR) is 99.8 cm³/mol. The highest BCUT2D eigenvalue weighted by atomic mass is 16.4. The van der Waals surface area contributed by atoms with Crippen LogP contribution in [-0.4, -0.2) is 39.0 Å². The third kappa shape index (κ3) is 3.18. The SMILES string of the molecule is O=C(O)C1CCN(C(c2ccccn2)c2ccnc3ccccc23)CC1. The van der Waals surface area contributed by atoms with E-state index in [1.807, 2.05) is 48.8 Å². The number of piperidine rings is 1. The third-order valence-corrected chi connectivity index (χ3v) is 5.19. The van der Waals surface area contributed by atoms with E-state index in [0.29, 0.717) is 12.8 Å². The molecule has 1 aromatic carbocycles. The molecular weight excluding hydrogens is 326 g/mol. The molecule has 0 bridgehead atoms. The first-order valence-corrected chi connectivity index (χ1v) is 8.95. The third-order valence-electron chi connectivity index (χ3n) is 5.19. The molecule has 1 unspecified atom stereocenters. The fraction of sp³-hybridized carbons (Fsp3) is 0.286. The molecule has 1 saturated heterocycles. The van der Waals surface area contributed by atoms with Crippen LogP contribution in [0.3, 0.4) is 0 Å². The van der Waals surface area contributed by atoms with Crippen LogP contribution in [0.15, 0.2) is 60.9 Å². The van der Waals surface area contributed by atoms with E-state index in [4.69, 9.17) is 0 Å². The van der Waals surface area contributed by atoms with Gasteiger partial charge in [0.25, 0.3) is 0 Å². The van der Waals surface area contributed by atoms with Gasteiger partial charge in [0.05, 0.1) is 23.2 Å². The van der Waals surface area contributed by atoms with Crippen LogP contribution < -0.4 is 0 Å². The number of carboxylic acid groups (broad SMARTS) is 1. The molecule has 1 atom stereocenters. The molecule has 1 fully saturated rings. The van der Waals surface area contributed by atoms with Crippen LogP contribution in [-0.2, 0) is 4.79 Å². The molecule has 0 spiro atoms. The Kier molecular flexibility index (Phi) is 4.63. The molecule has 5 nitrogen and oxygen atoms in total. The molecule has 1 N–H and O–H groups in total. The Morgan fingerprint density at radius 3 is 2.50 bits per heavy atom. The normalized spacial score (nSPS) is 17.2. The van der Waals surface area contributed by atoms with E-state index in [2.05, 4.69) is 27.0 Å². The lowest BCUT2D eigenvalue weighted by molar-refractivity contribution is -0.143. The second-order valence-electron chi connectivity index (χ2n) is 6.72. The summed E-state index contributed by atoms with van der Waals surface area (Å²) in [4.78, 5) is 22.8. The Bertz CT molecular complexity index is 900. The lowest BCUT2D eigenvalue weighted by atomic mass is 9.92. The van der Waals surface area contributed by atoms with Crippen molar-refractivity contribution in [1.82, 2.24) is 14.9 Å². The summed E-state index contributed by atoms with van der Waals surface area (Å²) in [7, 11) is 0. The van der Waals surface area contributed by atoms with Crippen molar-refractivity contribution in [3.63, 3.8) is 0 Å². The van der Waals surface area contributed by atoms with Gasteiger partial charge in [0.2, 0.25) is 0 Å². The van der Waals surface area contributed by atoms with Crippen LogP contribution in [0.4, 0.5) is 0 Å². The first-order valence-electron chi connectivity index (χ1n) is 8.95. The van der Waals surface area contributed by atoms with Crippen molar-refractivity contribution in [3.8, 4) is 0 Å². The summed E-state index contributed by atoms with van der Waals surface area (Å²) in [5.41, 5.74) is 3.12. The van der Waals surface area contributed by atoms with Crippen LogP contribution in [0.1, 0.15) is 30.1 Å². The first-order chi connectivity index (χ1) is 12.7. The van der Waals surface area contributed by atoms with Gasteiger partial charge in [0.1, 0.15) is 0 Å². The van der Waals surface area contributed by atoms with Crippen molar-refractivity contribution < 1.29 is 9.90 Å². The van der Waals surface area contributed by atoms with Crippen LogP contribution in [0.5, 0.6) is 0 Å². The molecule has 26 heavy (non-hydrogen) atoms. The molecule has 1 aliphatic heterocycles. The molecule has 5 heteroatoms. The van der Waals surface area contributed by atoms with Gasteiger partial charge in [0, 0.05) is 17.8 Å². The van der Waals surface area contributed by atoms with Crippen LogP contribution in [0.25, 0.3) is 10.9 Å². The minimum atomic E-state index is -0.687. The zero-order valence-corrected chi connectivity index (χ0v) is 14.5. The molecule has 2 aromatic heterocycles. The lowest BCUT2D eigenvalue weighted by Gasteiger charge is -2.36. The maximum Gasteiger partial charge on any atom is 0.306 e. The van der Waals surface area contributed by atoms with Crippen LogP contribution >= 0.6 is 0 Å². The number of hydrogen-bond donors (Lipinski definition) is 1. The number of nitrogens with zero attached hydrogens (tertiary/aromatic N) is 3. The Labute approximate surface area is 152 Å². The first kappa shape index (κ1) is 16.7. The Hall–Kier alpha value is -2.79. The van der Waals surface area contributed by atoms with E-state index in [9.17, 15) is 9.90 Å². The fourth-order valence-electron chi connectivity index (χ4n) is 3.84. The second-order valence-corrected chi connectivity index (χ2v) is 6.72. The summed E-state index contributed by atoms with van der Waals surface area (Å²) in [5.74, 6) is -0.932. The van der Waals surface area contributed by atoms with E-state index < -0.39 is 5.97 Å². The van der Waals surface area contributed by atoms with Gasteiger partial charge >= 0.3 is 5.97 Å². The van der Waals surface area contributed by atoms with Gasteiger partial charge in [-0.3, -0.25) is 19.7 Å². The standard InChI is InChI=1S/C21H21N3O2/c25-21(26)15-9-13-24(14-10-15)20(19-7-3-4-11-22-19)17-8-12-23-18-6-2-1-5-16(17)18/h1-8,11-12,15,20H,9-10,13-14H2,(H,25,26). The highest BCUT2D eigenvalue weighted by Crippen LogP contribution is 2.34. The number of aromatic nitrogens is 2. The van der Waals surface area contributed by atoms with E-state index in [1.165, 1.54) is 5.56 Å². The molecule has 0 saturated carbocycles. The second kappa shape index (κ2) is 7.22.